The number of aryl methyl sites for hydroxylation is 1. The lowest BCUT2D eigenvalue weighted by Crippen LogP contribution is -2.45. The maximum atomic E-state index is 11.2. The SMILES string of the molecule is CC.COc1ccc2c(c1)CCC1C2CCC2(C)C(OC)CC(CCC(=O)O)C12. The summed E-state index contributed by atoms with van der Waals surface area (Å²) in [7, 11) is 3.57. The molecule has 2 saturated carbocycles. The molecule has 0 bridgehead atoms. The Hall–Kier alpha value is -1.55. The second-order valence-electron chi connectivity index (χ2n) is 9.10. The van der Waals surface area contributed by atoms with Crippen LogP contribution >= 0.6 is 0 Å². The lowest BCUT2D eigenvalue weighted by atomic mass is 9.53. The molecule has 0 radical (unpaired) electrons. The van der Waals surface area contributed by atoms with Gasteiger partial charge in [0, 0.05) is 13.5 Å². The van der Waals surface area contributed by atoms with Gasteiger partial charge in [0.1, 0.15) is 5.75 Å². The van der Waals surface area contributed by atoms with Crippen molar-refractivity contribution < 1.29 is 19.4 Å². The van der Waals surface area contributed by atoms with Gasteiger partial charge in [-0.2, -0.15) is 0 Å². The van der Waals surface area contributed by atoms with Gasteiger partial charge in [0.05, 0.1) is 13.2 Å². The van der Waals surface area contributed by atoms with Gasteiger partial charge < -0.3 is 14.6 Å². The standard InChI is InChI=1S/C23H32O4.C2H6/c1-23-11-10-18-17-8-6-16(26-2)12-14(17)4-7-19(18)22(23)15(5-9-21(24)25)13-20(23)27-3;1-2/h6,8,12,15,18-20,22H,4-5,7,9-11,13H2,1-3H3,(H,24,25);1-2H3. The summed E-state index contributed by atoms with van der Waals surface area (Å²) in [5.41, 5.74) is 3.14. The van der Waals surface area contributed by atoms with E-state index in [-0.39, 0.29) is 17.9 Å². The van der Waals surface area contributed by atoms with Crippen LogP contribution in [0, 0.1) is 23.2 Å². The lowest BCUT2D eigenvalue weighted by Gasteiger charge is -2.52. The monoisotopic (exact) mass is 402 g/mol. The Morgan fingerprint density at radius 1 is 1.24 bits per heavy atom. The zero-order chi connectivity index (χ0) is 21.2. The van der Waals surface area contributed by atoms with Crippen LogP contribution in [0.1, 0.15) is 76.3 Å². The Kier molecular flexibility index (Phi) is 6.93. The highest BCUT2D eigenvalue weighted by atomic mass is 16.5. The number of benzene rings is 1. The smallest absolute Gasteiger partial charge is 0.303 e. The highest BCUT2D eigenvalue weighted by Gasteiger charge is 2.58. The first kappa shape index (κ1) is 22.1. The van der Waals surface area contributed by atoms with Crippen molar-refractivity contribution in [3.05, 3.63) is 29.3 Å². The maximum absolute atomic E-state index is 11.2. The van der Waals surface area contributed by atoms with E-state index in [1.807, 2.05) is 21.0 Å². The molecule has 0 saturated heterocycles. The van der Waals surface area contributed by atoms with Crippen LogP contribution in [0.5, 0.6) is 5.75 Å². The topological polar surface area (TPSA) is 55.8 Å². The van der Waals surface area contributed by atoms with Crippen molar-refractivity contribution in [1.82, 2.24) is 0 Å². The van der Waals surface area contributed by atoms with E-state index >= 15 is 0 Å². The van der Waals surface area contributed by atoms with E-state index in [9.17, 15) is 9.90 Å². The minimum Gasteiger partial charge on any atom is -0.497 e. The third kappa shape index (κ3) is 3.93. The molecular formula is C25H38O4. The molecule has 0 amide bonds. The van der Waals surface area contributed by atoms with Crippen LogP contribution in [0.4, 0.5) is 0 Å². The van der Waals surface area contributed by atoms with Crippen LogP contribution in [0.15, 0.2) is 18.2 Å². The Morgan fingerprint density at radius 3 is 2.66 bits per heavy atom. The molecule has 2 fully saturated rings. The lowest BCUT2D eigenvalue weighted by molar-refractivity contribution is -0.137. The number of hydrogen-bond acceptors (Lipinski definition) is 3. The molecule has 0 aromatic heterocycles. The average molecular weight is 403 g/mol. The molecule has 0 spiro atoms. The van der Waals surface area contributed by atoms with Gasteiger partial charge in [-0.15, -0.1) is 0 Å². The summed E-state index contributed by atoms with van der Waals surface area (Å²) in [6.07, 6.45) is 7.03. The third-order valence-electron chi connectivity index (χ3n) is 8.00. The van der Waals surface area contributed by atoms with Crippen molar-refractivity contribution in [2.75, 3.05) is 14.2 Å². The van der Waals surface area contributed by atoms with Crippen LogP contribution in [-0.2, 0) is 16.0 Å². The Bertz CT molecular complexity index is 715. The summed E-state index contributed by atoms with van der Waals surface area (Å²) in [6, 6.07) is 6.60. The van der Waals surface area contributed by atoms with Gasteiger partial charge in [-0.3, -0.25) is 4.79 Å². The molecule has 6 atom stereocenters. The zero-order valence-electron chi connectivity index (χ0n) is 18.7. The van der Waals surface area contributed by atoms with E-state index in [1.165, 1.54) is 30.4 Å². The molecule has 3 aliphatic carbocycles. The van der Waals surface area contributed by atoms with Crippen LogP contribution in [0.2, 0.25) is 0 Å². The predicted molar refractivity (Wildman–Crippen MR) is 115 cm³/mol. The number of rotatable bonds is 5. The summed E-state index contributed by atoms with van der Waals surface area (Å²) in [4.78, 5) is 11.2. The summed E-state index contributed by atoms with van der Waals surface area (Å²) < 4.78 is 11.4. The van der Waals surface area contributed by atoms with Crippen molar-refractivity contribution >= 4 is 5.97 Å². The summed E-state index contributed by atoms with van der Waals surface area (Å²) in [5.74, 6) is 2.54. The van der Waals surface area contributed by atoms with Crippen LogP contribution < -0.4 is 4.74 Å². The van der Waals surface area contributed by atoms with Crippen molar-refractivity contribution in [1.29, 1.82) is 0 Å². The molecular weight excluding hydrogens is 364 g/mol. The summed E-state index contributed by atoms with van der Waals surface area (Å²) >= 11 is 0. The summed E-state index contributed by atoms with van der Waals surface area (Å²) in [6.45, 7) is 6.41. The number of fused-ring (bicyclic) bond motifs is 5. The minimum absolute atomic E-state index is 0.184. The Morgan fingerprint density at radius 2 is 2.00 bits per heavy atom. The second-order valence-corrected chi connectivity index (χ2v) is 9.10. The van der Waals surface area contributed by atoms with Crippen LogP contribution in [-0.4, -0.2) is 31.4 Å². The largest absolute Gasteiger partial charge is 0.497 e. The van der Waals surface area contributed by atoms with Gasteiger partial charge in [0.15, 0.2) is 0 Å². The summed E-state index contributed by atoms with van der Waals surface area (Å²) in [5, 5.41) is 9.23. The van der Waals surface area contributed by atoms with Gasteiger partial charge in [0.2, 0.25) is 0 Å². The van der Waals surface area contributed by atoms with E-state index in [0.717, 1.165) is 25.0 Å². The van der Waals surface area contributed by atoms with E-state index in [1.54, 1.807) is 7.11 Å². The van der Waals surface area contributed by atoms with Crippen molar-refractivity contribution in [3.63, 3.8) is 0 Å². The van der Waals surface area contributed by atoms with Crippen LogP contribution in [0.3, 0.4) is 0 Å². The third-order valence-corrected chi connectivity index (χ3v) is 8.00. The number of ether oxygens (including phenoxy) is 2. The number of aliphatic carboxylic acids is 1. The molecule has 0 aliphatic heterocycles. The van der Waals surface area contributed by atoms with Crippen LogP contribution in [0.25, 0.3) is 0 Å². The van der Waals surface area contributed by atoms with Gasteiger partial charge in [-0.1, -0.05) is 26.8 Å². The van der Waals surface area contributed by atoms with Gasteiger partial charge >= 0.3 is 5.97 Å². The molecule has 162 valence electrons. The fourth-order valence-electron chi connectivity index (χ4n) is 6.89. The molecule has 4 nitrogen and oxygen atoms in total. The predicted octanol–water partition coefficient (Wildman–Crippen LogP) is 5.68. The van der Waals surface area contributed by atoms with E-state index < -0.39 is 5.97 Å². The van der Waals surface area contributed by atoms with Gasteiger partial charge in [0.25, 0.3) is 0 Å². The van der Waals surface area contributed by atoms with E-state index in [0.29, 0.717) is 23.7 Å². The molecule has 3 aliphatic rings. The molecule has 1 N–H and O–H groups in total. The molecule has 1 aromatic carbocycles. The van der Waals surface area contributed by atoms with Crippen molar-refractivity contribution in [2.24, 2.45) is 23.2 Å². The highest BCUT2D eigenvalue weighted by Crippen LogP contribution is 2.64. The number of hydrogen-bond donors (Lipinski definition) is 1. The normalized spacial score (nSPS) is 34.9. The first-order valence-corrected chi connectivity index (χ1v) is 11.4. The van der Waals surface area contributed by atoms with E-state index in [4.69, 9.17) is 9.47 Å². The maximum Gasteiger partial charge on any atom is 0.303 e. The number of methoxy groups -OCH3 is 2. The fourth-order valence-corrected chi connectivity index (χ4v) is 6.89. The molecule has 0 heterocycles. The minimum atomic E-state index is -0.675. The van der Waals surface area contributed by atoms with E-state index in [2.05, 4.69) is 25.1 Å². The van der Waals surface area contributed by atoms with Crippen molar-refractivity contribution in [2.45, 2.75) is 77.7 Å². The zero-order valence-corrected chi connectivity index (χ0v) is 18.7. The number of carbonyl (C=O) groups is 1. The quantitative estimate of drug-likeness (QED) is 0.688. The van der Waals surface area contributed by atoms with Crippen molar-refractivity contribution in [3.8, 4) is 5.75 Å². The van der Waals surface area contributed by atoms with Gasteiger partial charge in [-0.05, 0) is 90.9 Å². The molecule has 1 aromatic rings. The second kappa shape index (κ2) is 9.07. The molecule has 6 unspecified atom stereocenters. The molecule has 29 heavy (non-hydrogen) atoms. The first-order valence-electron chi connectivity index (χ1n) is 11.4. The number of carboxylic acid groups (broad SMARTS) is 1. The molecule has 4 heteroatoms. The first-order chi connectivity index (χ1) is 14.0. The number of carboxylic acids is 1. The highest BCUT2D eigenvalue weighted by molar-refractivity contribution is 5.66. The Balaban J connectivity index is 0.00000117. The fraction of sp³-hybridized carbons (Fsp3) is 0.720. The molecule has 4 rings (SSSR count). The average Bonchev–Trinajstić information content (AvgIpc) is 3.04. The van der Waals surface area contributed by atoms with Gasteiger partial charge in [-0.25, -0.2) is 0 Å². The Labute approximate surface area is 176 Å².